The van der Waals surface area contributed by atoms with E-state index in [1.807, 2.05) is 0 Å². The van der Waals surface area contributed by atoms with Crippen LogP contribution in [0.15, 0.2) is 39.8 Å². The molecule has 0 spiro atoms. The molecule has 0 heterocycles. The van der Waals surface area contributed by atoms with Gasteiger partial charge in [0.15, 0.2) is 0 Å². The highest BCUT2D eigenvalue weighted by atomic mass is 16.5. The van der Waals surface area contributed by atoms with Crippen LogP contribution in [0.25, 0.3) is 0 Å². The summed E-state index contributed by atoms with van der Waals surface area (Å²) in [6.07, 6.45) is 8.05. The SMILES string of the molecule is CC1=CC=C2C(OCCCN=O)=C(C)CCC2C1OCCCN. The van der Waals surface area contributed by atoms with Gasteiger partial charge in [-0.15, -0.1) is 0 Å². The zero-order chi connectivity index (χ0) is 16.7. The fourth-order valence-electron chi connectivity index (χ4n) is 3.25. The zero-order valence-electron chi connectivity index (χ0n) is 14.2. The Labute approximate surface area is 138 Å². The first-order valence-electron chi connectivity index (χ1n) is 8.51. The molecule has 0 amide bonds. The molecule has 5 heteroatoms. The maximum atomic E-state index is 10.2. The lowest BCUT2D eigenvalue weighted by Gasteiger charge is -2.37. The molecule has 0 aromatic carbocycles. The number of hydrogen-bond donors (Lipinski definition) is 1. The van der Waals surface area contributed by atoms with E-state index in [4.69, 9.17) is 15.2 Å². The van der Waals surface area contributed by atoms with E-state index in [9.17, 15) is 4.91 Å². The van der Waals surface area contributed by atoms with E-state index in [1.165, 1.54) is 16.7 Å². The number of rotatable bonds is 9. The second-order valence-corrected chi connectivity index (χ2v) is 6.28. The highest BCUT2D eigenvalue weighted by Gasteiger charge is 2.35. The van der Waals surface area contributed by atoms with Gasteiger partial charge in [0.05, 0.1) is 19.3 Å². The Bertz CT molecular complexity index is 508. The molecule has 5 nitrogen and oxygen atoms in total. The molecule has 0 aliphatic heterocycles. The van der Waals surface area contributed by atoms with Gasteiger partial charge in [-0.3, -0.25) is 0 Å². The normalized spacial score (nSPS) is 24.0. The second-order valence-electron chi connectivity index (χ2n) is 6.28. The highest BCUT2D eigenvalue weighted by Crippen LogP contribution is 2.41. The Kier molecular flexibility index (Phi) is 6.99. The first-order chi connectivity index (χ1) is 11.2. The molecular weight excluding hydrogens is 292 g/mol. The predicted molar refractivity (Wildman–Crippen MR) is 91.9 cm³/mol. The summed E-state index contributed by atoms with van der Waals surface area (Å²) in [6.45, 7) is 6.44. The van der Waals surface area contributed by atoms with Crippen LogP contribution < -0.4 is 5.73 Å². The van der Waals surface area contributed by atoms with Crippen LogP contribution in [0.2, 0.25) is 0 Å². The maximum Gasteiger partial charge on any atom is 0.121 e. The summed E-state index contributed by atoms with van der Waals surface area (Å²) in [6, 6.07) is 0. The summed E-state index contributed by atoms with van der Waals surface area (Å²) in [5.41, 5.74) is 9.34. The van der Waals surface area contributed by atoms with E-state index in [2.05, 4.69) is 31.2 Å². The van der Waals surface area contributed by atoms with Gasteiger partial charge in [0.2, 0.25) is 0 Å². The molecule has 2 N–H and O–H groups in total. The van der Waals surface area contributed by atoms with Gasteiger partial charge in [-0.25, -0.2) is 0 Å². The summed E-state index contributed by atoms with van der Waals surface area (Å²) in [7, 11) is 0. The molecule has 2 unspecified atom stereocenters. The molecule has 0 radical (unpaired) electrons. The highest BCUT2D eigenvalue weighted by molar-refractivity contribution is 5.43. The molecule has 0 aromatic heterocycles. The number of hydrogen-bond acceptors (Lipinski definition) is 5. The van der Waals surface area contributed by atoms with Gasteiger partial charge in [0.25, 0.3) is 0 Å². The topological polar surface area (TPSA) is 73.9 Å². The molecule has 0 saturated carbocycles. The van der Waals surface area contributed by atoms with Crippen molar-refractivity contribution in [2.24, 2.45) is 16.8 Å². The van der Waals surface area contributed by atoms with E-state index in [-0.39, 0.29) is 6.10 Å². The van der Waals surface area contributed by atoms with Crippen molar-refractivity contribution in [3.05, 3.63) is 39.5 Å². The van der Waals surface area contributed by atoms with Crippen LogP contribution in [0, 0.1) is 10.8 Å². The van der Waals surface area contributed by atoms with Crippen LogP contribution in [0.1, 0.15) is 39.5 Å². The third-order valence-electron chi connectivity index (χ3n) is 4.51. The lowest BCUT2D eigenvalue weighted by atomic mass is 9.76. The summed E-state index contributed by atoms with van der Waals surface area (Å²) in [5, 5.41) is 2.88. The first kappa shape index (κ1) is 17.9. The Morgan fingerprint density at radius 3 is 2.83 bits per heavy atom. The quantitative estimate of drug-likeness (QED) is 0.521. The molecule has 0 fully saturated rings. The zero-order valence-corrected chi connectivity index (χ0v) is 14.2. The number of nitrogens with two attached hydrogens (primary N) is 1. The molecular formula is C18H28N2O3. The van der Waals surface area contributed by atoms with Gasteiger partial charge in [0.1, 0.15) is 5.76 Å². The van der Waals surface area contributed by atoms with Crippen molar-refractivity contribution in [2.45, 2.75) is 45.6 Å². The van der Waals surface area contributed by atoms with E-state index in [1.54, 1.807) is 0 Å². The first-order valence-corrected chi connectivity index (χ1v) is 8.51. The maximum absolute atomic E-state index is 10.2. The molecule has 0 bridgehead atoms. The van der Waals surface area contributed by atoms with Gasteiger partial charge >= 0.3 is 0 Å². The van der Waals surface area contributed by atoms with E-state index < -0.39 is 0 Å². The third-order valence-corrected chi connectivity index (χ3v) is 4.51. The van der Waals surface area contributed by atoms with Crippen LogP contribution in [-0.4, -0.2) is 32.4 Å². The monoisotopic (exact) mass is 320 g/mol. The number of allylic oxidation sites excluding steroid dienone is 4. The van der Waals surface area contributed by atoms with Gasteiger partial charge < -0.3 is 15.2 Å². The van der Waals surface area contributed by atoms with Crippen molar-refractivity contribution in [3.63, 3.8) is 0 Å². The van der Waals surface area contributed by atoms with Crippen LogP contribution >= 0.6 is 0 Å². The van der Waals surface area contributed by atoms with Crippen LogP contribution in [0.3, 0.4) is 0 Å². The number of ether oxygens (including phenoxy) is 2. The smallest absolute Gasteiger partial charge is 0.121 e. The number of nitrogens with zero attached hydrogens (tertiary/aromatic N) is 1. The predicted octanol–water partition coefficient (Wildman–Crippen LogP) is 3.46. The summed E-state index contributed by atoms with van der Waals surface area (Å²) in [5.74, 6) is 1.34. The van der Waals surface area contributed by atoms with Gasteiger partial charge in [-0.2, -0.15) is 4.91 Å². The minimum atomic E-state index is 0.116. The third kappa shape index (κ3) is 4.52. The average Bonchev–Trinajstić information content (AvgIpc) is 2.55. The lowest BCUT2D eigenvalue weighted by molar-refractivity contribution is 0.0384. The Balaban J connectivity index is 2.08. The fraction of sp³-hybridized carbons (Fsp3) is 0.667. The van der Waals surface area contributed by atoms with Crippen molar-refractivity contribution in [2.75, 3.05) is 26.3 Å². The minimum absolute atomic E-state index is 0.116. The lowest BCUT2D eigenvalue weighted by Crippen LogP contribution is -2.33. The number of fused-ring (bicyclic) bond motifs is 1. The van der Waals surface area contributed by atoms with E-state index >= 15 is 0 Å². The molecule has 2 rings (SSSR count). The van der Waals surface area contributed by atoms with E-state index in [0.29, 0.717) is 38.6 Å². The van der Waals surface area contributed by atoms with Gasteiger partial charge in [-0.05, 0) is 50.8 Å². The van der Waals surface area contributed by atoms with Crippen molar-refractivity contribution < 1.29 is 9.47 Å². The largest absolute Gasteiger partial charge is 0.493 e. The van der Waals surface area contributed by atoms with Crippen LogP contribution in [0.4, 0.5) is 0 Å². The van der Waals surface area contributed by atoms with Gasteiger partial charge in [0, 0.05) is 24.5 Å². The van der Waals surface area contributed by atoms with Crippen molar-refractivity contribution in [1.82, 2.24) is 0 Å². The van der Waals surface area contributed by atoms with Gasteiger partial charge in [-0.1, -0.05) is 17.3 Å². The standard InChI is InChI=1S/C18H28N2O3/c1-13-5-8-16-15(17(13)22-11-3-9-19)7-6-14(2)18(16)23-12-4-10-20-21/h5,8,15,17H,3-4,6-7,9-12,19H2,1-2H3. The molecule has 2 atom stereocenters. The van der Waals surface area contributed by atoms with Crippen molar-refractivity contribution >= 4 is 0 Å². The molecule has 0 saturated heterocycles. The minimum Gasteiger partial charge on any atom is -0.493 e. The Morgan fingerprint density at radius 1 is 1.26 bits per heavy atom. The number of nitroso groups, excluding NO2 is 1. The summed E-state index contributed by atoms with van der Waals surface area (Å²) >= 11 is 0. The molecule has 23 heavy (non-hydrogen) atoms. The van der Waals surface area contributed by atoms with E-state index in [0.717, 1.165) is 25.0 Å². The van der Waals surface area contributed by atoms with Crippen molar-refractivity contribution in [1.29, 1.82) is 0 Å². The van der Waals surface area contributed by atoms with Crippen molar-refractivity contribution in [3.8, 4) is 0 Å². The molecule has 2 aliphatic rings. The Morgan fingerprint density at radius 2 is 2.09 bits per heavy atom. The molecule has 128 valence electrons. The molecule has 2 aliphatic carbocycles. The van der Waals surface area contributed by atoms with Crippen LogP contribution in [0.5, 0.6) is 0 Å². The second kappa shape index (κ2) is 8.99. The van der Waals surface area contributed by atoms with Crippen LogP contribution in [-0.2, 0) is 9.47 Å². The average molecular weight is 320 g/mol. The fourth-order valence-corrected chi connectivity index (χ4v) is 3.25. The summed E-state index contributed by atoms with van der Waals surface area (Å²) < 4.78 is 12.1. The molecule has 0 aromatic rings. The summed E-state index contributed by atoms with van der Waals surface area (Å²) in [4.78, 5) is 10.2. The Hall–Kier alpha value is -1.46.